The van der Waals surface area contributed by atoms with E-state index in [2.05, 4.69) is 27.7 Å². The number of likely N-dealkylation sites (tertiary alicyclic amines) is 1. The monoisotopic (exact) mass is 360 g/mol. The Bertz CT molecular complexity index is 793. The van der Waals surface area contributed by atoms with Crippen LogP contribution in [0.2, 0.25) is 5.02 Å². The van der Waals surface area contributed by atoms with E-state index in [1.807, 2.05) is 30.3 Å². The van der Waals surface area contributed by atoms with Crippen LogP contribution < -0.4 is 10.6 Å². The Morgan fingerprint density at radius 1 is 1.52 bits per heavy atom. The second-order valence-corrected chi connectivity index (χ2v) is 7.43. The predicted molar refractivity (Wildman–Crippen MR) is 95.1 cm³/mol. The van der Waals surface area contributed by atoms with E-state index in [-0.39, 0.29) is 11.3 Å². The Morgan fingerprint density at radius 3 is 3.20 bits per heavy atom. The van der Waals surface area contributed by atoms with Gasteiger partial charge in [-0.25, -0.2) is 0 Å². The summed E-state index contributed by atoms with van der Waals surface area (Å²) in [5, 5.41) is 11.1. The van der Waals surface area contributed by atoms with Gasteiger partial charge in [0.25, 0.3) is 0 Å². The first kappa shape index (κ1) is 16.6. The van der Waals surface area contributed by atoms with Crippen molar-refractivity contribution in [3.63, 3.8) is 0 Å². The molecule has 2 fully saturated rings. The fourth-order valence-electron chi connectivity index (χ4n) is 4.02. The van der Waals surface area contributed by atoms with Crippen LogP contribution in [-0.2, 0) is 11.3 Å². The van der Waals surface area contributed by atoms with Gasteiger partial charge in [-0.3, -0.25) is 4.79 Å². The minimum absolute atomic E-state index is 0.0918. The number of halogens is 1. The van der Waals surface area contributed by atoms with Crippen LogP contribution in [0.15, 0.2) is 34.9 Å². The molecule has 2 saturated heterocycles. The summed E-state index contributed by atoms with van der Waals surface area (Å²) >= 11 is 6.19. The highest BCUT2D eigenvalue weighted by atomic mass is 35.5. The number of carbonyl (C=O) groups is 1. The summed E-state index contributed by atoms with van der Waals surface area (Å²) in [5.41, 5.74) is 1.16. The summed E-state index contributed by atoms with van der Waals surface area (Å²) in [6, 6.07) is 9.28. The minimum atomic E-state index is -0.329. The average Bonchev–Trinajstić information content (AvgIpc) is 3.27. The van der Waals surface area contributed by atoms with Crippen LogP contribution in [0.25, 0.3) is 11.3 Å². The van der Waals surface area contributed by atoms with Crippen LogP contribution in [0.1, 0.15) is 5.69 Å². The summed E-state index contributed by atoms with van der Waals surface area (Å²) in [6.45, 7) is 3.74. The van der Waals surface area contributed by atoms with Crippen molar-refractivity contribution in [3.8, 4) is 11.3 Å². The number of hydrogen-bond donors (Lipinski definition) is 2. The Morgan fingerprint density at radius 2 is 2.36 bits per heavy atom. The highest BCUT2D eigenvalue weighted by molar-refractivity contribution is 6.33. The minimum Gasteiger partial charge on any atom is -0.356 e. The van der Waals surface area contributed by atoms with E-state index in [4.69, 9.17) is 16.1 Å². The fraction of sp³-hybridized carbons (Fsp3) is 0.444. The van der Waals surface area contributed by atoms with Crippen molar-refractivity contribution in [3.05, 3.63) is 41.0 Å². The van der Waals surface area contributed by atoms with E-state index >= 15 is 0 Å². The summed E-state index contributed by atoms with van der Waals surface area (Å²) in [4.78, 5) is 15.1. The molecule has 1 aromatic heterocycles. The van der Waals surface area contributed by atoms with Gasteiger partial charge in [-0.2, -0.15) is 0 Å². The molecule has 2 atom stereocenters. The third kappa shape index (κ3) is 2.94. The Kier molecular flexibility index (Phi) is 4.27. The van der Waals surface area contributed by atoms with Gasteiger partial charge in [0.15, 0.2) is 5.76 Å². The molecule has 25 heavy (non-hydrogen) atoms. The van der Waals surface area contributed by atoms with Crippen molar-refractivity contribution in [1.82, 2.24) is 20.7 Å². The average molecular weight is 361 g/mol. The molecule has 2 aliphatic rings. The molecule has 0 aliphatic carbocycles. The topological polar surface area (TPSA) is 70.4 Å². The first-order valence-electron chi connectivity index (χ1n) is 8.46. The van der Waals surface area contributed by atoms with Gasteiger partial charge in [-0.1, -0.05) is 28.9 Å². The van der Waals surface area contributed by atoms with Gasteiger partial charge in [0.2, 0.25) is 5.91 Å². The van der Waals surface area contributed by atoms with Crippen molar-refractivity contribution in [1.29, 1.82) is 0 Å². The number of rotatable bonds is 4. The number of fused-ring (bicyclic) bond motifs is 1. The van der Waals surface area contributed by atoms with E-state index in [9.17, 15) is 4.79 Å². The zero-order valence-electron chi connectivity index (χ0n) is 14.1. The summed E-state index contributed by atoms with van der Waals surface area (Å²) in [7, 11) is 2.07. The van der Waals surface area contributed by atoms with E-state index in [0.29, 0.717) is 28.9 Å². The third-order valence-corrected chi connectivity index (χ3v) is 5.61. The molecule has 6 nitrogen and oxygen atoms in total. The van der Waals surface area contributed by atoms with Crippen LogP contribution in [0, 0.1) is 11.3 Å². The lowest BCUT2D eigenvalue weighted by atomic mass is 9.80. The summed E-state index contributed by atoms with van der Waals surface area (Å²) in [5.74, 6) is 1.07. The van der Waals surface area contributed by atoms with Crippen molar-refractivity contribution in [2.24, 2.45) is 11.3 Å². The molecule has 3 heterocycles. The second-order valence-electron chi connectivity index (χ2n) is 7.03. The first-order chi connectivity index (χ1) is 12.1. The van der Waals surface area contributed by atoms with Gasteiger partial charge in [-0.15, -0.1) is 0 Å². The molecule has 2 N–H and O–H groups in total. The second kappa shape index (κ2) is 6.44. The standard InChI is InChI=1S/C18H21ClN4O2/c1-23-9-12-7-20-10-18(12,11-23)17(24)21-8-13-6-16(25-22-13)14-4-2-3-5-15(14)19/h2-6,12,20H,7-11H2,1H3,(H,21,24)/t12-,18-/m1/s1. The van der Waals surface area contributed by atoms with Gasteiger partial charge in [0.05, 0.1) is 17.0 Å². The van der Waals surface area contributed by atoms with E-state index in [1.54, 1.807) is 0 Å². The zero-order valence-corrected chi connectivity index (χ0v) is 14.8. The molecule has 0 bridgehead atoms. The molecule has 2 aliphatic heterocycles. The normalized spacial score (nSPS) is 25.9. The van der Waals surface area contributed by atoms with Crippen LogP contribution >= 0.6 is 11.6 Å². The molecule has 0 spiro atoms. The van der Waals surface area contributed by atoms with Crippen LogP contribution in [0.4, 0.5) is 0 Å². The quantitative estimate of drug-likeness (QED) is 0.869. The zero-order chi connectivity index (χ0) is 17.4. The molecule has 4 rings (SSSR count). The van der Waals surface area contributed by atoms with Gasteiger partial charge < -0.3 is 20.1 Å². The molecule has 7 heteroatoms. The number of amides is 1. The lowest BCUT2D eigenvalue weighted by Gasteiger charge is -2.26. The Hall–Kier alpha value is -1.89. The lowest BCUT2D eigenvalue weighted by molar-refractivity contribution is -0.130. The van der Waals surface area contributed by atoms with Crippen molar-refractivity contribution >= 4 is 17.5 Å². The molecule has 132 valence electrons. The molecule has 0 radical (unpaired) electrons. The number of hydrogen-bond acceptors (Lipinski definition) is 5. The molecule has 2 aromatic rings. The largest absolute Gasteiger partial charge is 0.356 e. The van der Waals surface area contributed by atoms with E-state index in [0.717, 1.165) is 31.7 Å². The number of benzene rings is 1. The summed E-state index contributed by atoms with van der Waals surface area (Å²) < 4.78 is 5.38. The van der Waals surface area contributed by atoms with E-state index in [1.165, 1.54) is 0 Å². The van der Waals surface area contributed by atoms with Gasteiger partial charge in [0, 0.05) is 43.7 Å². The van der Waals surface area contributed by atoms with Crippen LogP contribution in [0.3, 0.4) is 0 Å². The van der Waals surface area contributed by atoms with Crippen LogP contribution in [-0.4, -0.2) is 49.2 Å². The predicted octanol–water partition coefficient (Wildman–Crippen LogP) is 1.76. The highest BCUT2D eigenvalue weighted by Crippen LogP contribution is 2.38. The Balaban J connectivity index is 1.44. The maximum Gasteiger partial charge on any atom is 0.229 e. The first-order valence-corrected chi connectivity index (χ1v) is 8.84. The number of carbonyl (C=O) groups excluding carboxylic acids is 1. The third-order valence-electron chi connectivity index (χ3n) is 5.28. The SMILES string of the molecule is CN1C[C@H]2CNC[C@@]2(C(=O)NCc2cc(-c3ccccc3Cl)on2)C1. The number of nitrogens with zero attached hydrogens (tertiary/aromatic N) is 2. The summed E-state index contributed by atoms with van der Waals surface area (Å²) in [6.07, 6.45) is 0. The van der Waals surface area contributed by atoms with Crippen molar-refractivity contribution in [2.45, 2.75) is 6.54 Å². The molecular weight excluding hydrogens is 340 g/mol. The number of nitrogens with one attached hydrogen (secondary N) is 2. The van der Waals surface area contributed by atoms with Crippen molar-refractivity contribution in [2.75, 3.05) is 33.2 Å². The number of aromatic nitrogens is 1. The Labute approximate surface area is 151 Å². The molecule has 1 amide bonds. The smallest absolute Gasteiger partial charge is 0.229 e. The lowest BCUT2D eigenvalue weighted by Crippen LogP contribution is -2.46. The van der Waals surface area contributed by atoms with Gasteiger partial charge in [-0.05, 0) is 19.2 Å². The maximum absolute atomic E-state index is 12.8. The van der Waals surface area contributed by atoms with Crippen LogP contribution in [0.5, 0.6) is 0 Å². The van der Waals surface area contributed by atoms with E-state index < -0.39 is 0 Å². The van der Waals surface area contributed by atoms with Crippen molar-refractivity contribution < 1.29 is 9.32 Å². The molecule has 0 saturated carbocycles. The fourth-order valence-corrected chi connectivity index (χ4v) is 4.25. The highest BCUT2D eigenvalue weighted by Gasteiger charge is 2.53. The molecule has 1 aromatic carbocycles. The van der Waals surface area contributed by atoms with Gasteiger partial charge in [0.1, 0.15) is 5.69 Å². The van der Waals surface area contributed by atoms with Gasteiger partial charge >= 0.3 is 0 Å². The maximum atomic E-state index is 12.8. The molecule has 0 unspecified atom stereocenters. The molecular formula is C18H21ClN4O2.